The van der Waals surface area contributed by atoms with Gasteiger partial charge in [-0.25, -0.2) is 0 Å². The highest BCUT2D eigenvalue weighted by Gasteiger charge is 2.08. The Morgan fingerprint density at radius 3 is 2.65 bits per heavy atom. The number of amides is 1. The van der Waals surface area contributed by atoms with E-state index in [-0.39, 0.29) is 25.4 Å². The third-order valence-corrected chi connectivity index (χ3v) is 3.97. The zero-order chi connectivity index (χ0) is 18.4. The smallest absolute Gasteiger partial charge is 0.305 e. The maximum absolute atomic E-state index is 11.9. The molecule has 0 bridgehead atoms. The first-order valence-electron chi connectivity index (χ1n) is 8.36. The molecule has 3 rings (SSSR count). The maximum atomic E-state index is 11.9. The Morgan fingerprint density at radius 2 is 1.88 bits per heavy atom. The summed E-state index contributed by atoms with van der Waals surface area (Å²) in [4.78, 5) is 22.4. The molecular weight excluding hydrogens is 332 g/mol. The first-order valence-corrected chi connectivity index (χ1v) is 8.36. The van der Waals surface area contributed by atoms with Gasteiger partial charge in [0, 0.05) is 23.6 Å². The van der Waals surface area contributed by atoms with Crippen LogP contribution in [0.2, 0.25) is 0 Å². The van der Waals surface area contributed by atoms with Crippen molar-refractivity contribution in [3.63, 3.8) is 0 Å². The van der Waals surface area contributed by atoms with E-state index >= 15 is 0 Å². The third kappa shape index (κ3) is 4.63. The van der Waals surface area contributed by atoms with Crippen LogP contribution in [0, 0.1) is 0 Å². The van der Waals surface area contributed by atoms with Gasteiger partial charge in [0.25, 0.3) is 0 Å². The molecule has 2 N–H and O–H groups in total. The van der Waals surface area contributed by atoms with Crippen LogP contribution < -0.4 is 10.1 Å². The van der Waals surface area contributed by atoms with E-state index in [4.69, 9.17) is 9.84 Å². The number of hydrogen-bond acceptors (Lipinski definition) is 3. The summed E-state index contributed by atoms with van der Waals surface area (Å²) in [5, 5.41) is 12.2. The van der Waals surface area contributed by atoms with Gasteiger partial charge < -0.3 is 19.7 Å². The molecule has 0 spiro atoms. The second-order valence-corrected chi connectivity index (χ2v) is 5.93. The molecule has 6 nitrogen and oxygen atoms in total. The average molecular weight is 352 g/mol. The molecule has 0 unspecified atom stereocenters. The largest absolute Gasteiger partial charge is 0.489 e. The molecular formula is C20H20N2O4. The monoisotopic (exact) mass is 352 g/mol. The summed E-state index contributed by atoms with van der Waals surface area (Å²) in [6.07, 6.45) is 1.75. The lowest BCUT2D eigenvalue weighted by Gasteiger charge is -2.08. The van der Waals surface area contributed by atoms with E-state index in [0.29, 0.717) is 6.61 Å². The van der Waals surface area contributed by atoms with E-state index in [9.17, 15) is 9.59 Å². The lowest BCUT2D eigenvalue weighted by atomic mass is 10.2. The van der Waals surface area contributed by atoms with Gasteiger partial charge in [-0.1, -0.05) is 30.3 Å². The van der Waals surface area contributed by atoms with Crippen LogP contribution in [0.4, 0.5) is 0 Å². The number of carbonyl (C=O) groups is 2. The Bertz CT molecular complexity index is 903. The van der Waals surface area contributed by atoms with Gasteiger partial charge in [0.2, 0.25) is 5.91 Å². The Labute approximate surface area is 151 Å². The fourth-order valence-electron chi connectivity index (χ4n) is 2.67. The first kappa shape index (κ1) is 17.5. The van der Waals surface area contributed by atoms with Crippen molar-refractivity contribution in [2.45, 2.75) is 19.6 Å². The van der Waals surface area contributed by atoms with Gasteiger partial charge in [0.15, 0.2) is 0 Å². The lowest BCUT2D eigenvalue weighted by molar-refractivity contribution is -0.136. The van der Waals surface area contributed by atoms with Gasteiger partial charge in [-0.15, -0.1) is 0 Å². The standard InChI is InChI=1S/C20H20N2O4/c23-19(21-10-8-20(24)25)13-22-11-9-16-12-17(6-7-18(16)22)26-14-15-4-2-1-3-5-15/h1-7,9,11-12H,8,10,13-14H2,(H,21,23)(H,24,25). The van der Waals surface area contributed by atoms with Crippen molar-refractivity contribution < 1.29 is 19.4 Å². The molecule has 6 heteroatoms. The van der Waals surface area contributed by atoms with E-state index in [1.807, 2.05) is 65.4 Å². The number of aliphatic carboxylic acids is 1. The Balaban J connectivity index is 1.61. The summed E-state index contributed by atoms with van der Waals surface area (Å²) in [6.45, 7) is 0.775. The normalized spacial score (nSPS) is 10.6. The fraction of sp³-hybridized carbons (Fsp3) is 0.200. The highest BCUT2D eigenvalue weighted by atomic mass is 16.5. The van der Waals surface area contributed by atoms with Crippen LogP contribution in [0.15, 0.2) is 60.8 Å². The molecule has 134 valence electrons. The summed E-state index contributed by atoms with van der Waals surface area (Å²) in [6, 6.07) is 17.6. The van der Waals surface area contributed by atoms with Crippen LogP contribution >= 0.6 is 0 Å². The number of nitrogens with zero attached hydrogens (tertiary/aromatic N) is 1. The second kappa shape index (κ2) is 8.20. The number of nitrogens with one attached hydrogen (secondary N) is 1. The fourth-order valence-corrected chi connectivity index (χ4v) is 2.67. The van der Waals surface area contributed by atoms with E-state index in [0.717, 1.165) is 22.2 Å². The van der Waals surface area contributed by atoms with Crippen LogP contribution in [0.3, 0.4) is 0 Å². The second-order valence-electron chi connectivity index (χ2n) is 5.93. The van der Waals surface area contributed by atoms with Crippen molar-refractivity contribution in [3.05, 3.63) is 66.4 Å². The van der Waals surface area contributed by atoms with Gasteiger partial charge in [-0.2, -0.15) is 0 Å². The Kier molecular flexibility index (Phi) is 5.53. The van der Waals surface area contributed by atoms with E-state index < -0.39 is 5.97 Å². The highest BCUT2D eigenvalue weighted by Crippen LogP contribution is 2.22. The van der Waals surface area contributed by atoms with Crippen molar-refractivity contribution in [2.75, 3.05) is 6.54 Å². The van der Waals surface area contributed by atoms with Gasteiger partial charge in [0.05, 0.1) is 6.42 Å². The molecule has 0 aliphatic heterocycles. The summed E-state index contributed by atoms with van der Waals surface area (Å²) in [5.74, 6) is -0.377. The number of rotatable bonds is 8. The molecule has 2 aromatic carbocycles. The van der Waals surface area contributed by atoms with E-state index in [1.165, 1.54) is 0 Å². The zero-order valence-corrected chi connectivity index (χ0v) is 14.2. The minimum atomic E-state index is -0.931. The molecule has 0 atom stereocenters. The van der Waals surface area contributed by atoms with Crippen LogP contribution in [0.5, 0.6) is 5.75 Å². The molecule has 1 aromatic heterocycles. The molecule has 1 heterocycles. The molecule has 0 aliphatic carbocycles. The van der Waals surface area contributed by atoms with Crippen LogP contribution in [0.25, 0.3) is 10.9 Å². The SMILES string of the molecule is O=C(O)CCNC(=O)Cn1ccc2cc(OCc3ccccc3)ccc21. The topological polar surface area (TPSA) is 80.6 Å². The number of aromatic nitrogens is 1. The number of ether oxygens (including phenoxy) is 1. The van der Waals surface area contributed by atoms with Crippen LogP contribution in [0.1, 0.15) is 12.0 Å². The molecule has 1 amide bonds. The van der Waals surface area contributed by atoms with E-state index in [1.54, 1.807) is 0 Å². The zero-order valence-electron chi connectivity index (χ0n) is 14.2. The van der Waals surface area contributed by atoms with Gasteiger partial charge >= 0.3 is 5.97 Å². The van der Waals surface area contributed by atoms with Gasteiger partial charge in [-0.3, -0.25) is 9.59 Å². The van der Waals surface area contributed by atoms with Crippen LogP contribution in [-0.4, -0.2) is 28.1 Å². The molecule has 3 aromatic rings. The average Bonchev–Trinajstić information content (AvgIpc) is 3.02. The lowest BCUT2D eigenvalue weighted by Crippen LogP contribution is -2.29. The van der Waals surface area contributed by atoms with Crippen molar-refractivity contribution in [1.82, 2.24) is 9.88 Å². The molecule has 0 radical (unpaired) electrons. The number of carboxylic acid groups (broad SMARTS) is 1. The van der Waals surface area contributed by atoms with E-state index in [2.05, 4.69) is 5.32 Å². The number of carboxylic acids is 1. The molecule has 0 saturated heterocycles. The molecule has 0 saturated carbocycles. The number of fused-ring (bicyclic) bond motifs is 1. The molecule has 0 aliphatic rings. The molecule has 0 fully saturated rings. The highest BCUT2D eigenvalue weighted by molar-refractivity contribution is 5.84. The predicted molar refractivity (Wildman–Crippen MR) is 98.0 cm³/mol. The number of hydrogen-bond donors (Lipinski definition) is 2. The van der Waals surface area contributed by atoms with Crippen LogP contribution in [-0.2, 0) is 22.7 Å². The summed E-state index contributed by atoms with van der Waals surface area (Å²) in [7, 11) is 0. The van der Waals surface area contributed by atoms with Crippen molar-refractivity contribution in [1.29, 1.82) is 0 Å². The predicted octanol–water partition coefficient (Wildman–Crippen LogP) is 2.81. The minimum Gasteiger partial charge on any atom is -0.489 e. The third-order valence-electron chi connectivity index (χ3n) is 3.97. The Morgan fingerprint density at radius 1 is 1.08 bits per heavy atom. The first-order chi connectivity index (χ1) is 12.6. The maximum Gasteiger partial charge on any atom is 0.305 e. The van der Waals surface area contributed by atoms with Gasteiger partial charge in [0.1, 0.15) is 18.9 Å². The summed E-state index contributed by atoms with van der Waals surface area (Å²) >= 11 is 0. The quantitative estimate of drug-likeness (QED) is 0.653. The number of carbonyl (C=O) groups excluding carboxylic acids is 1. The van der Waals surface area contributed by atoms with Gasteiger partial charge in [-0.05, 0) is 29.8 Å². The minimum absolute atomic E-state index is 0.0831. The Hall–Kier alpha value is -3.28. The number of benzene rings is 2. The van der Waals surface area contributed by atoms with Crippen molar-refractivity contribution >= 4 is 22.8 Å². The summed E-state index contributed by atoms with van der Waals surface area (Å²) < 4.78 is 7.65. The molecule has 26 heavy (non-hydrogen) atoms. The summed E-state index contributed by atoms with van der Waals surface area (Å²) in [5.41, 5.74) is 2.02. The van der Waals surface area contributed by atoms with Crippen molar-refractivity contribution in [2.24, 2.45) is 0 Å². The van der Waals surface area contributed by atoms with Crippen molar-refractivity contribution in [3.8, 4) is 5.75 Å².